The van der Waals surface area contributed by atoms with E-state index in [0.717, 1.165) is 0 Å². The van der Waals surface area contributed by atoms with Crippen LogP contribution in [0, 0.1) is 13.8 Å². The normalized spacial score (nSPS) is 10.1. The Bertz CT molecular complexity index is 512. The molecule has 2 aromatic rings. The van der Waals surface area contributed by atoms with Crippen LogP contribution in [0.15, 0.2) is 30.6 Å². The predicted molar refractivity (Wildman–Crippen MR) is 59.7 cm³/mol. The number of aryl methyl sites for hydroxylation is 1. The second-order valence-electron chi connectivity index (χ2n) is 3.45. The van der Waals surface area contributed by atoms with Crippen molar-refractivity contribution in [2.24, 2.45) is 0 Å². The van der Waals surface area contributed by atoms with Gasteiger partial charge in [-0.1, -0.05) is 6.07 Å². The second-order valence-corrected chi connectivity index (χ2v) is 3.45. The maximum absolute atomic E-state index is 9.53. The van der Waals surface area contributed by atoms with Gasteiger partial charge in [-0.2, -0.15) is 0 Å². The molecule has 0 saturated carbocycles. The number of phenols is 1. The monoisotopic (exact) mass is 216 g/mol. The first-order valence-electron chi connectivity index (χ1n) is 4.92. The molecule has 0 unspecified atom stereocenters. The number of hydrogen-bond acceptors (Lipinski definition) is 4. The minimum atomic E-state index is 0.207. The standard InChI is InChI=1S/C12H12N2O2/c1-8-10(15)4-3-5-11(8)16-12-9(2)13-6-7-14-12/h3-7,15H,1-2H3. The van der Waals surface area contributed by atoms with Gasteiger partial charge in [0, 0.05) is 18.0 Å². The topological polar surface area (TPSA) is 55.2 Å². The zero-order valence-electron chi connectivity index (χ0n) is 9.14. The van der Waals surface area contributed by atoms with Gasteiger partial charge in [0.15, 0.2) is 0 Å². The minimum absolute atomic E-state index is 0.207. The van der Waals surface area contributed by atoms with Crippen LogP contribution in [-0.4, -0.2) is 15.1 Å². The highest BCUT2D eigenvalue weighted by Gasteiger charge is 2.07. The van der Waals surface area contributed by atoms with E-state index >= 15 is 0 Å². The summed E-state index contributed by atoms with van der Waals surface area (Å²) in [5, 5.41) is 9.53. The number of ether oxygens (including phenoxy) is 1. The van der Waals surface area contributed by atoms with Gasteiger partial charge < -0.3 is 9.84 Å². The van der Waals surface area contributed by atoms with Crippen LogP contribution >= 0.6 is 0 Å². The van der Waals surface area contributed by atoms with Gasteiger partial charge >= 0.3 is 0 Å². The van der Waals surface area contributed by atoms with Gasteiger partial charge in [-0.3, -0.25) is 4.98 Å². The van der Waals surface area contributed by atoms with Crippen molar-refractivity contribution in [3.8, 4) is 17.4 Å². The molecule has 0 fully saturated rings. The number of benzene rings is 1. The molecule has 2 rings (SSSR count). The third kappa shape index (κ3) is 1.95. The largest absolute Gasteiger partial charge is 0.508 e. The third-order valence-corrected chi connectivity index (χ3v) is 2.30. The molecule has 0 bridgehead atoms. The molecule has 0 aliphatic heterocycles. The molecule has 0 aliphatic rings. The molecular weight excluding hydrogens is 204 g/mol. The summed E-state index contributed by atoms with van der Waals surface area (Å²) in [5.74, 6) is 1.25. The van der Waals surface area contributed by atoms with Crippen LogP contribution in [0.2, 0.25) is 0 Å². The molecule has 1 aromatic carbocycles. The fourth-order valence-electron chi connectivity index (χ4n) is 1.31. The van der Waals surface area contributed by atoms with Crippen LogP contribution in [0.1, 0.15) is 11.3 Å². The van der Waals surface area contributed by atoms with Crippen molar-refractivity contribution >= 4 is 0 Å². The molecule has 4 heteroatoms. The van der Waals surface area contributed by atoms with Crippen LogP contribution in [0.4, 0.5) is 0 Å². The number of aromatic nitrogens is 2. The Hall–Kier alpha value is -2.10. The molecule has 0 spiro atoms. The summed E-state index contributed by atoms with van der Waals surface area (Å²) in [5.41, 5.74) is 1.40. The molecule has 4 nitrogen and oxygen atoms in total. The van der Waals surface area contributed by atoms with E-state index in [1.54, 1.807) is 37.5 Å². The zero-order valence-corrected chi connectivity index (χ0v) is 9.14. The summed E-state index contributed by atoms with van der Waals surface area (Å²) in [6.07, 6.45) is 3.18. The van der Waals surface area contributed by atoms with E-state index in [1.807, 2.05) is 6.92 Å². The van der Waals surface area contributed by atoms with Gasteiger partial charge in [-0.05, 0) is 26.0 Å². The van der Waals surface area contributed by atoms with E-state index in [4.69, 9.17) is 4.74 Å². The van der Waals surface area contributed by atoms with E-state index in [0.29, 0.717) is 22.9 Å². The van der Waals surface area contributed by atoms with Crippen molar-refractivity contribution < 1.29 is 9.84 Å². The SMILES string of the molecule is Cc1nccnc1Oc1cccc(O)c1C. The van der Waals surface area contributed by atoms with Crippen molar-refractivity contribution in [3.63, 3.8) is 0 Å². The summed E-state index contributed by atoms with van der Waals surface area (Å²) in [6.45, 7) is 3.61. The van der Waals surface area contributed by atoms with Gasteiger partial charge in [-0.15, -0.1) is 0 Å². The van der Waals surface area contributed by atoms with Crippen molar-refractivity contribution in [2.75, 3.05) is 0 Å². The Labute approximate surface area is 93.6 Å². The van der Waals surface area contributed by atoms with E-state index < -0.39 is 0 Å². The maximum atomic E-state index is 9.53. The highest BCUT2D eigenvalue weighted by molar-refractivity contribution is 5.44. The number of rotatable bonds is 2. The Kier molecular flexibility index (Phi) is 2.72. The van der Waals surface area contributed by atoms with Gasteiger partial charge in [-0.25, -0.2) is 4.98 Å². The van der Waals surface area contributed by atoms with Gasteiger partial charge in [0.25, 0.3) is 0 Å². The van der Waals surface area contributed by atoms with E-state index in [9.17, 15) is 5.11 Å². The highest BCUT2D eigenvalue weighted by atomic mass is 16.5. The van der Waals surface area contributed by atoms with Crippen molar-refractivity contribution in [1.29, 1.82) is 0 Å². The summed E-state index contributed by atoms with van der Waals surface area (Å²) in [6, 6.07) is 5.12. The average molecular weight is 216 g/mol. The van der Waals surface area contributed by atoms with Crippen LogP contribution in [0.25, 0.3) is 0 Å². The molecule has 82 valence electrons. The third-order valence-electron chi connectivity index (χ3n) is 2.30. The van der Waals surface area contributed by atoms with Crippen molar-refractivity contribution in [2.45, 2.75) is 13.8 Å². The Morgan fingerprint density at radius 3 is 2.62 bits per heavy atom. The molecule has 0 aliphatic carbocycles. The van der Waals surface area contributed by atoms with Crippen LogP contribution in [-0.2, 0) is 0 Å². The lowest BCUT2D eigenvalue weighted by Gasteiger charge is -2.09. The molecule has 0 saturated heterocycles. The summed E-state index contributed by atoms with van der Waals surface area (Å²) >= 11 is 0. The van der Waals surface area contributed by atoms with Crippen molar-refractivity contribution in [3.05, 3.63) is 41.9 Å². The molecular formula is C12H12N2O2. The number of aromatic hydroxyl groups is 1. The van der Waals surface area contributed by atoms with Crippen LogP contribution < -0.4 is 4.74 Å². The Morgan fingerprint density at radius 2 is 1.88 bits per heavy atom. The quantitative estimate of drug-likeness (QED) is 0.838. The molecule has 0 amide bonds. The first kappa shape index (κ1) is 10.4. The molecule has 0 atom stereocenters. The predicted octanol–water partition coefficient (Wildman–Crippen LogP) is 2.59. The zero-order chi connectivity index (χ0) is 11.5. The Balaban J connectivity index is 2.35. The number of phenolic OH excluding ortho intramolecular Hbond substituents is 1. The average Bonchev–Trinajstić information content (AvgIpc) is 2.28. The maximum Gasteiger partial charge on any atom is 0.240 e. The Morgan fingerprint density at radius 1 is 1.12 bits per heavy atom. The first-order valence-corrected chi connectivity index (χ1v) is 4.92. The fourth-order valence-corrected chi connectivity index (χ4v) is 1.31. The van der Waals surface area contributed by atoms with Crippen LogP contribution in [0.3, 0.4) is 0 Å². The van der Waals surface area contributed by atoms with E-state index in [2.05, 4.69) is 9.97 Å². The summed E-state index contributed by atoms with van der Waals surface area (Å²) in [4.78, 5) is 8.16. The summed E-state index contributed by atoms with van der Waals surface area (Å²) < 4.78 is 5.59. The lowest BCUT2D eigenvalue weighted by Crippen LogP contribution is -1.94. The molecule has 1 aromatic heterocycles. The lowest BCUT2D eigenvalue weighted by atomic mass is 10.2. The van der Waals surface area contributed by atoms with Crippen molar-refractivity contribution in [1.82, 2.24) is 9.97 Å². The molecule has 0 radical (unpaired) electrons. The molecule has 16 heavy (non-hydrogen) atoms. The van der Waals surface area contributed by atoms with Gasteiger partial charge in [0.2, 0.25) is 5.88 Å². The summed E-state index contributed by atoms with van der Waals surface area (Å²) in [7, 11) is 0. The first-order chi connectivity index (χ1) is 7.68. The van der Waals surface area contributed by atoms with Crippen LogP contribution in [0.5, 0.6) is 17.4 Å². The number of hydrogen-bond donors (Lipinski definition) is 1. The highest BCUT2D eigenvalue weighted by Crippen LogP contribution is 2.29. The van der Waals surface area contributed by atoms with Gasteiger partial charge in [0.05, 0.1) is 5.69 Å². The minimum Gasteiger partial charge on any atom is -0.508 e. The van der Waals surface area contributed by atoms with E-state index in [1.165, 1.54) is 0 Å². The molecule has 1 N–H and O–H groups in total. The number of nitrogens with zero attached hydrogens (tertiary/aromatic N) is 2. The molecule has 1 heterocycles. The smallest absolute Gasteiger partial charge is 0.240 e. The second kappa shape index (κ2) is 4.18. The fraction of sp³-hybridized carbons (Fsp3) is 0.167. The van der Waals surface area contributed by atoms with E-state index in [-0.39, 0.29) is 5.75 Å². The van der Waals surface area contributed by atoms with Gasteiger partial charge in [0.1, 0.15) is 11.5 Å². The lowest BCUT2D eigenvalue weighted by molar-refractivity contribution is 0.434.